The van der Waals surface area contributed by atoms with Crippen LogP contribution in [-0.2, 0) is 11.3 Å². The van der Waals surface area contributed by atoms with E-state index in [-0.39, 0.29) is 17.2 Å². The van der Waals surface area contributed by atoms with Crippen LogP contribution in [0.4, 0.5) is 0 Å². The molecular weight excluding hydrogens is 402 g/mol. The molecule has 0 aliphatic carbocycles. The highest BCUT2D eigenvalue weighted by atomic mass is 32.2. The number of hydrazone groups is 1. The Kier molecular flexibility index (Phi) is 6.97. The summed E-state index contributed by atoms with van der Waals surface area (Å²) in [5.41, 5.74) is 4.86. The molecule has 3 aromatic rings. The van der Waals surface area contributed by atoms with Crippen LogP contribution in [0.15, 0.2) is 58.8 Å². The molecule has 3 rings (SSSR count). The third-order valence-corrected chi connectivity index (χ3v) is 5.22. The van der Waals surface area contributed by atoms with Gasteiger partial charge in [-0.2, -0.15) is 5.10 Å². The van der Waals surface area contributed by atoms with Gasteiger partial charge in [0.15, 0.2) is 11.0 Å². The second-order valence-electron chi connectivity index (χ2n) is 6.37. The summed E-state index contributed by atoms with van der Waals surface area (Å²) in [6.45, 7) is 4.68. The van der Waals surface area contributed by atoms with E-state index in [4.69, 9.17) is 0 Å². The molecular formula is C21H20N5O3S-. The minimum atomic E-state index is -1.30. The lowest BCUT2D eigenvalue weighted by Gasteiger charge is -2.07. The number of thioether (sulfide) groups is 1. The van der Waals surface area contributed by atoms with E-state index in [9.17, 15) is 14.7 Å². The molecule has 0 atom stereocenters. The molecule has 0 fully saturated rings. The Bertz CT molecular complexity index is 1080. The number of hydrogen-bond donors (Lipinski definition) is 1. The molecule has 1 heterocycles. The zero-order valence-electron chi connectivity index (χ0n) is 16.5. The molecule has 0 radical (unpaired) electrons. The van der Waals surface area contributed by atoms with E-state index < -0.39 is 5.97 Å². The van der Waals surface area contributed by atoms with Gasteiger partial charge in [0, 0.05) is 23.2 Å². The van der Waals surface area contributed by atoms with Crippen LogP contribution in [0.2, 0.25) is 0 Å². The number of aromatic nitrogens is 3. The molecule has 1 N–H and O–H groups in total. The minimum Gasteiger partial charge on any atom is -0.545 e. The summed E-state index contributed by atoms with van der Waals surface area (Å²) in [5.74, 6) is -0.810. The zero-order valence-corrected chi connectivity index (χ0v) is 17.3. The van der Waals surface area contributed by atoms with Crippen molar-refractivity contribution in [1.29, 1.82) is 0 Å². The van der Waals surface area contributed by atoms with Gasteiger partial charge in [-0.3, -0.25) is 4.79 Å². The number of carbonyl (C=O) groups is 2. The number of benzene rings is 2. The number of carbonyl (C=O) groups excluding carboxylic acids is 2. The SMILES string of the molecule is CCn1c(SCC(=O)N/N=C/c2ccccc2C(=O)[O-])nnc1-c1ccc(C)cc1. The summed E-state index contributed by atoms with van der Waals surface area (Å²) in [6, 6.07) is 14.3. The lowest BCUT2D eigenvalue weighted by atomic mass is 10.1. The summed E-state index contributed by atoms with van der Waals surface area (Å²) >= 11 is 1.25. The van der Waals surface area contributed by atoms with Crippen molar-refractivity contribution in [3.05, 3.63) is 65.2 Å². The molecule has 0 saturated heterocycles. The van der Waals surface area contributed by atoms with Crippen LogP contribution in [0.25, 0.3) is 11.4 Å². The van der Waals surface area contributed by atoms with Gasteiger partial charge >= 0.3 is 0 Å². The Labute approximate surface area is 178 Å². The van der Waals surface area contributed by atoms with Crippen molar-refractivity contribution in [2.45, 2.75) is 25.5 Å². The molecule has 1 aromatic heterocycles. The molecule has 0 aliphatic rings. The number of aromatic carboxylic acids is 1. The Morgan fingerprint density at radius 2 is 1.90 bits per heavy atom. The fraction of sp³-hybridized carbons (Fsp3) is 0.190. The number of nitrogens with one attached hydrogen (secondary N) is 1. The van der Waals surface area contributed by atoms with Crippen molar-refractivity contribution in [2.75, 3.05) is 5.75 Å². The fourth-order valence-corrected chi connectivity index (χ4v) is 3.52. The van der Waals surface area contributed by atoms with Crippen molar-refractivity contribution in [1.82, 2.24) is 20.2 Å². The standard InChI is InChI=1S/C21H21N5O3S/c1-3-26-19(15-10-8-14(2)9-11-15)24-25-21(26)30-13-18(27)23-22-12-16-6-4-5-7-17(16)20(28)29/h4-12H,3,13H2,1-2H3,(H,23,27)(H,28,29)/p-1/b22-12+. The molecule has 0 spiro atoms. The third kappa shape index (κ3) is 5.12. The van der Waals surface area contributed by atoms with Crippen LogP contribution in [0.3, 0.4) is 0 Å². The maximum atomic E-state index is 12.1. The van der Waals surface area contributed by atoms with Gasteiger partial charge in [-0.25, -0.2) is 5.43 Å². The van der Waals surface area contributed by atoms with Crippen LogP contribution in [0, 0.1) is 6.92 Å². The quantitative estimate of drug-likeness (QED) is 0.337. The predicted octanol–water partition coefficient (Wildman–Crippen LogP) is 1.88. The molecule has 0 bridgehead atoms. The average molecular weight is 422 g/mol. The molecule has 0 unspecified atom stereocenters. The summed E-state index contributed by atoms with van der Waals surface area (Å²) in [5, 5.41) is 24.0. The van der Waals surface area contributed by atoms with Gasteiger partial charge in [0.05, 0.1) is 17.9 Å². The first-order valence-electron chi connectivity index (χ1n) is 9.25. The first-order valence-corrected chi connectivity index (χ1v) is 10.2. The molecule has 30 heavy (non-hydrogen) atoms. The second kappa shape index (κ2) is 9.84. The fourth-order valence-electron chi connectivity index (χ4n) is 2.73. The van der Waals surface area contributed by atoms with Gasteiger partial charge in [0.1, 0.15) is 0 Å². The van der Waals surface area contributed by atoms with Crippen molar-refractivity contribution < 1.29 is 14.7 Å². The van der Waals surface area contributed by atoms with Crippen LogP contribution in [-0.4, -0.2) is 38.6 Å². The Morgan fingerprint density at radius 3 is 2.60 bits per heavy atom. The number of nitrogens with zero attached hydrogens (tertiary/aromatic N) is 4. The highest BCUT2D eigenvalue weighted by Gasteiger charge is 2.14. The summed E-state index contributed by atoms with van der Waals surface area (Å²) < 4.78 is 1.95. The number of aryl methyl sites for hydroxylation is 1. The Morgan fingerprint density at radius 1 is 1.17 bits per heavy atom. The number of rotatable bonds is 8. The zero-order chi connectivity index (χ0) is 21.5. The third-order valence-electron chi connectivity index (χ3n) is 4.25. The highest BCUT2D eigenvalue weighted by Crippen LogP contribution is 2.24. The van der Waals surface area contributed by atoms with Gasteiger partial charge < -0.3 is 14.5 Å². The number of carboxylic acid groups (broad SMARTS) is 1. The molecule has 0 saturated carbocycles. The van der Waals surface area contributed by atoms with E-state index in [1.807, 2.05) is 42.7 Å². The van der Waals surface area contributed by atoms with Crippen molar-refractivity contribution >= 4 is 29.9 Å². The van der Waals surface area contributed by atoms with Crippen LogP contribution in [0.5, 0.6) is 0 Å². The van der Waals surface area contributed by atoms with Gasteiger partial charge in [0.25, 0.3) is 5.91 Å². The largest absolute Gasteiger partial charge is 0.545 e. The van der Waals surface area contributed by atoms with Crippen LogP contribution >= 0.6 is 11.8 Å². The number of hydrogen-bond acceptors (Lipinski definition) is 7. The van der Waals surface area contributed by atoms with E-state index in [1.165, 1.54) is 24.0 Å². The van der Waals surface area contributed by atoms with Crippen molar-refractivity contribution in [3.63, 3.8) is 0 Å². The lowest BCUT2D eigenvalue weighted by molar-refractivity contribution is -0.255. The molecule has 9 heteroatoms. The highest BCUT2D eigenvalue weighted by molar-refractivity contribution is 7.99. The van der Waals surface area contributed by atoms with E-state index in [1.54, 1.807) is 18.2 Å². The summed E-state index contributed by atoms with van der Waals surface area (Å²) in [6.07, 6.45) is 1.28. The van der Waals surface area contributed by atoms with Crippen molar-refractivity contribution in [3.8, 4) is 11.4 Å². The first kappa shape index (κ1) is 21.3. The molecule has 1 amide bonds. The maximum absolute atomic E-state index is 12.1. The number of amides is 1. The predicted molar refractivity (Wildman–Crippen MR) is 113 cm³/mol. The van der Waals surface area contributed by atoms with Crippen molar-refractivity contribution in [2.24, 2.45) is 5.10 Å². The van der Waals surface area contributed by atoms with E-state index >= 15 is 0 Å². The smallest absolute Gasteiger partial charge is 0.250 e. The van der Waals surface area contributed by atoms with Crippen LogP contribution in [0.1, 0.15) is 28.4 Å². The molecule has 2 aromatic carbocycles. The van der Waals surface area contributed by atoms with Gasteiger partial charge in [0.2, 0.25) is 0 Å². The van der Waals surface area contributed by atoms with Gasteiger partial charge in [-0.05, 0) is 13.8 Å². The average Bonchev–Trinajstić information content (AvgIpc) is 3.16. The lowest BCUT2D eigenvalue weighted by Crippen LogP contribution is -2.24. The topological polar surface area (TPSA) is 112 Å². The van der Waals surface area contributed by atoms with Gasteiger partial charge in [-0.15, -0.1) is 10.2 Å². The molecule has 0 aliphatic heterocycles. The summed E-state index contributed by atoms with van der Waals surface area (Å²) in [4.78, 5) is 23.2. The Hall–Kier alpha value is -3.46. The summed E-state index contributed by atoms with van der Waals surface area (Å²) in [7, 11) is 0. The van der Waals surface area contributed by atoms with Gasteiger partial charge in [-0.1, -0.05) is 65.9 Å². The second-order valence-corrected chi connectivity index (χ2v) is 7.32. The van der Waals surface area contributed by atoms with Crippen LogP contribution < -0.4 is 10.5 Å². The first-order chi connectivity index (χ1) is 14.5. The van der Waals surface area contributed by atoms with E-state index in [0.29, 0.717) is 17.3 Å². The maximum Gasteiger partial charge on any atom is 0.250 e. The normalized spacial score (nSPS) is 11.0. The number of carboxylic acids is 1. The molecule has 154 valence electrons. The van der Waals surface area contributed by atoms with E-state index in [0.717, 1.165) is 17.0 Å². The Balaban J connectivity index is 1.61. The van der Waals surface area contributed by atoms with E-state index in [2.05, 4.69) is 20.7 Å². The monoisotopic (exact) mass is 422 g/mol. The minimum absolute atomic E-state index is 0.00422. The molecule has 8 nitrogen and oxygen atoms in total.